The predicted octanol–water partition coefficient (Wildman–Crippen LogP) is 0.979. The van der Waals surface area contributed by atoms with Gasteiger partial charge in [-0.25, -0.2) is 9.98 Å². The number of carbonyl (C=O) groups is 1. The van der Waals surface area contributed by atoms with E-state index < -0.39 is 0 Å². The van der Waals surface area contributed by atoms with Crippen LogP contribution >= 0.6 is 0 Å². The molecular weight excluding hydrogens is 196 g/mol. The van der Waals surface area contributed by atoms with Gasteiger partial charge in [0.1, 0.15) is 23.7 Å². The van der Waals surface area contributed by atoms with Gasteiger partial charge in [-0.2, -0.15) is 0 Å². The van der Waals surface area contributed by atoms with Crippen molar-refractivity contribution >= 4 is 23.8 Å². The van der Waals surface area contributed by atoms with Crippen LogP contribution < -0.4 is 5.73 Å². The fourth-order valence-electron chi connectivity index (χ4n) is 0.877. The van der Waals surface area contributed by atoms with Crippen molar-refractivity contribution in [2.45, 2.75) is 20.3 Å². The highest BCUT2D eigenvalue weighted by Gasteiger charge is 1.97. The van der Waals surface area contributed by atoms with Gasteiger partial charge in [0, 0.05) is 6.07 Å². The highest BCUT2D eigenvalue weighted by molar-refractivity contribution is 6.01. The van der Waals surface area contributed by atoms with Crippen molar-refractivity contribution in [1.29, 1.82) is 0 Å². The molecule has 2 N–H and O–H groups in total. The van der Waals surface area contributed by atoms with Crippen LogP contribution in [0.4, 0.5) is 5.82 Å². The lowest BCUT2D eigenvalue weighted by Gasteiger charge is -1.91. The van der Waals surface area contributed by atoms with E-state index in [-0.39, 0.29) is 18.0 Å². The lowest BCUT2D eigenvalue weighted by Crippen LogP contribution is -2.15. The number of nitrogens with zero attached hydrogens (tertiary/aromatic N) is 3. The Morgan fingerprint density at radius 2 is 2.47 bits per heavy atom. The first-order valence-electron chi connectivity index (χ1n) is 4.35. The number of aliphatic imine (C=N–C) groups is 2. The molecule has 1 rings (SSSR count). The van der Waals surface area contributed by atoms with Gasteiger partial charge in [-0.3, -0.25) is 4.79 Å². The van der Waals surface area contributed by atoms with Crippen molar-refractivity contribution in [3.05, 3.63) is 11.8 Å². The van der Waals surface area contributed by atoms with Crippen LogP contribution in [0, 0.1) is 6.92 Å². The van der Waals surface area contributed by atoms with E-state index in [4.69, 9.17) is 10.3 Å². The number of aromatic nitrogens is 1. The molecule has 0 saturated carbocycles. The number of aryl methyl sites for hydroxylation is 1. The summed E-state index contributed by atoms with van der Waals surface area (Å²) >= 11 is 0. The van der Waals surface area contributed by atoms with E-state index in [1.54, 1.807) is 13.0 Å². The Kier molecular flexibility index (Phi) is 3.73. The van der Waals surface area contributed by atoms with Gasteiger partial charge in [0.05, 0.1) is 6.42 Å². The molecule has 6 nitrogen and oxygen atoms in total. The molecule has 0 atom stereocenters. The van der Waals surface area contributed by atoms with Gasteiger partial charge in [0.15, 0.2) is 5.82 Å². The molecule has 0 radical (unpaired) electrons. The molecule has 0 unspecified atom stereocenters. The van der Waals surface area contributed by atoms with Gasteiger partial charge >= 0.3 is 0 Å². The van der Waals surface area contributed by atoms with E-state index in [1.807, 2.05) is 0 Å². The molecule has 0 bridgehead atoms. The molecule has 6 heteroatoms. The molecule has 1 aromatic heterocycles. The number of hydrogen-bond donors (Lipinski definition) is 1. The molecular formula is C9H12N4O2. The van der Waals surface area contributed by atoms with Gasteiger partial charge in [0.25, 0.3) is 0 Å². The maximum Gasteiger partial charge on any atom is 0.196 e. The summed E-state index contributed by atoms with van der Waals surface area (Å²) in [7, 11) is 0. The molecule has 0 spiro atoms. The minimum atomic E-state index is -0.0399. The Balaban J connectivity index is 2.55. The van der Waals surface area contributed by atoms with E-state index >= 15 is 0 Å². The molecule has 0 fully saturated rings. The Morgan fingerprint density at radius 1 is 1.73 bits per heavy atom. The van der Waals surface area contributed by atoms with E-state index in [0.717, 1.165) is 0 Å². The van der Waals surface area contributed by atoms with Crippen LogP contribution in [0.2, 0.25) is 0 Å². The topological polar surface area (TPSA) is 93.8 Å². The third-order valence-electron chi connectivity index (χ3n) is 1.46. The molecule has 0 aliphatic rings. The number of nitrogens with two attached hydrogens (primary N) is 1. The van der Waals surface area contributed by atoms with Gasteiger partial charge < -0.3 is 10.3 Å². The lowest BCUT2D eigenvalue weighted by molar-refractivity contribution is -0.115. The van der Waals surface area contributed by atoms with Crippen LogP contribution in [0.5, 0.6) is 0 Å². The van der Waals surface area contributed by atoms with E-state index in [0.29, 0.717) is 11.6 Å². The van der Waals surface area contributed by atoms with Crippen molar-refractivity contribution in [2.75, 3.05) is 0 Å². The quantitative estimate of drug-likeness (QED) is 0.589. The maximum absolute atomic E-state index is 10.7. The number of carbonyl (C=O) groups excluding carboxylic acids is 1. The molecule has 1 aromatic rings. The first-order chi connectivity index (χ1) is 7.08. The summed E-state index contributed by atoms with van der Waals surface area (Å²) in [6, 6.07) is 1.66. The summed E-state index contributed by atoms with van der Waals surface area (Å²) in [6.45, 7) is 3.21. The van der Waals surface area contributed by atoms with E-state index in [9.17, 15) is 4.79 Å². The fourth-order valence-corrected chi connectivity index (χ4v) is 0.877. The summed E-state index contributed by atoms with van der Waals surface area (Å²) in [5, 5.41) is 3.62. The van der Waals surface area contributed by atoms with Crippen LogP contribution in [0.1, 0.15) is 19.1 Å². The van der Waals surface area contributed by atoms with Gasteiger partial charge in [0.2, 0.25) is 0 Å². The first kappa shape index (κ1) is 11.1. The maximum atomic E-state index is 10.7. The van der Waals surface area contributed by atoms with Gasteiger partial charge in [-0.15, -0.1) is 0 Å². The Bertz CT molecular complexity index is 406. The Morgan fingerprint density at radius 3 is 3.00 bits per heavy atom. The van der Waals surface area contributed by atoms with E-state index in [1.165, 1.54) is 13.3 Å². The van der Waals surface area contributed by atoms with Crippen molar-refractivity contribution in [2.24, 2.45) is 15.7 Å². The zero-order valence-electron chi connectivity index (χ0n) is 8.60. The number of Topliss-reactive ketones (excluding diaryl/α,β-unsaturated/α-hetero) is 1. The number of rotatable bonds is 4. The zero-order chi connectivity index (χ0) is 11.3. The summed E-state index contributed by atoms with van der Waals surface area (Å²) in [6.07, 6.45) is 1.37. The normalized spacial score (nSPS) is 12.3. The van der Waals surface area contributed by atoms with Crippen LogP contribution in [0.25, 0.3) is 0 Å². The summed E-state index contributed by atoms with van der Waals surface area (Å²) < 4.78 is 4.79. The van der Waals surface area contributed by atoms with Crippen LogP contribution in [-0.4, -0.2) is 23.1 Å². The largest absolute Gasteiger partial charge is 0.387 e. The Labute approximate surface area is 86.9 Å². The smallest absolute Gasteiger partial charge is 0.196 e. The second-order valence-electron chi connectivity index (χ2n) is 3.04. The van der Waals surface area contributed by atoms with Gasteiger partial charge in [-0.05, 0) is 13.8 Å². The summed E-state index contributed by atoms with van der Waals surface area (Å²) in [5.41, 5.74) is 5.44. The van der Waals surface area contributed by atoms with Crippen molar-refractivity contribution in [3.63, 3.8) is 0 Å². The SMILES string of the molecule is CC(=O)CC(N)=NC=Nc1cc(C)on1. The number of amidine groups is 1. The van der Waals surface area contributed by atoms with Crippen molar-refractivity contribution in [3.8, 4) is 0 Å². The predicted molar refractivity (Wildman–Crippen MR) is 56.3 cm³/mol. The average molecular weight is 208 g/mol. The molecule has 0 aromatic carbocycles. The molecule has 0 saturated heterocycles. The minimum Gasteiger partial charge on any atom is -0.387 e. The molecule has 0 amide bonds. The highest BCUT2D eigenvalue weighted by Crippen LogP contribution is 2.09. The minimum absolute atomic E-state index is 0.0399. The highest BCUT2D eigenvalue weighted by atomic mass is 16.5. The molecule has 15 heavy (non-hydrogen) atoms. The fraction of sp³-hybridized carbons (Fsp3) is 0.333. The summed E-state index contributed by atoms with van der Waals surface area (Å²) in [4.78, 5) is 18.3. The second-order valence-corrected chi connectivity index (χ2v) is 3.04. The first-order valence-corrected chi connectivity index (χ1v) is 4.35. The zero-order valence-corrected chi connectivity index (χ0v) is 8.60. The molecule has 0 aliphatic heterocycles. The third kappa shape index (κ3) is 4.17. The molecule has 80 valence electrons. The lowest BCUT2D eigenvalue weighted by atomic mass is 10.3. The van der Waals surface area contributed by atoms with Crippen molar-refractivity contribution < 1.29 is 9.32 Å². The van der Waals surface area contributed by atoms with Crippen molar-refractivity contribution in [1.82, 2.24) is 5.16 Å². The Hall–Kier alpha value is -1.98. The number of ketones is 1. The van der Waals surface area contributed by atoms with Gasteiger partial charge in [-0.1, -0.05) is 5.16 Å². The monoisotopic (exact) mass is 208 g/mol. The third-order valence-corrected chi connectivity index (χ3v) is 1.46. The van der Waals surface area contributed by atoms with E-state index in [2.05, 4.69) is 15.1 Å². The van der Waals surface area contributed by atoms with Crippen LogP contribution in [-0.2, 0) is 4.79 Å². The molecule has 1 heterocycles. The molecule has 0 aliphatic carbocycles. The van der Waals surface area contributed by atoms with Crippen LogP contribution in [0.3, 0.4) is 0 Å². The average Bonchev–Trinajstić information content (AvgIpc) is 2.50. The number of hydrogen-bond acceptors (Lipinski definition) is 4. The standard InChI is InChI=1S/C9H12N4O2/c1-6(14)3-8(10)11-5-12-9-4-7(2)15-13-9/h4-5H,3H2,1-2H3,(H2,10,11,12,13). The van der Waals surface area contributed by atoms with Crippen LogP contribution in [0.15, 0.2) is 20.6 Å². The second kappa shape index (κ2) is 5.04. The summed E-state index contributed by atoms with van der Waals surface area (Å²) in [5.74, 6) is 1.28.